The van der Waals surface area contributed by atoms with E-state index in [0.29, 0.717) is 22.0 Å². The number of para-hydroxylation sites is 1. The van der Waals surface area contributed by atoms with Crippen LogP contribution in [0.4, 0.5) is 0 Å². The van der Waals surface area contributed by atoms with Crippen LogP contribution in [0.3, 0.4) is 0 Å². The summed E-state index contributed by atoms with van der Waals surface area (Å²) in [7, 11) is 0. The van der Waals surface area contributed by atoms with Gasteiger partial charge >= 0.3 is 5.97 Å². The minimum atomic E-state index is -1.95. The molecule has 9 amide bonds. The quantitative estimate of drug-likeness (QED) is 0.0333. The van der Waals surface area contributed by atoms with Gasteiger partial charge in [0.15, 0.2) is 11.9 Å². The average Bonchev–Trinajstić information content (AvgIpc) is 3.79. The van der Waals surface area contributed by atoms with E-state index in [-0.39, 0.29) is 88.5 Å². The predicted molar refractivity (Wildman–Crippen MR) is 277 cm³/mol. The standard InChI is InChI=1S/C49H67N17O11/c1-26(67)60-33(10-5-19-57-48(52)53)42(72)63-35-16-17-39(68)56-18-4-9-32(41(51)71)61-46(76)37(22-29-25-59-31-8-3-2-7-30(29)31)65-43(73)34(11-6-20-58-49(54)55)62-45(75)36(21-27-12-14-28(24-50)15-13-27)64-47(77)38(23-40(69)70)66-44(35)74/h2-3,7-8,12-15,25,32-38,59H,4-6,9-11,16-23H2,1H3,(H2,51,71)(H,56,68)(H,60,67)(H,61,76)(H,62,75)(H,63,72)(H,64,77)(H,65,73)(H,66,74)(H,69,70)(H4,52,53,57)(H4,54,55,58)/t32?,33-,34-,35-,36+,37-,38-/m0/s1. The topological polar surface area (TPSA) is 477 Å². The van der Waals surface area contributed by atoms with Crippen LogP contribution in [-0.4, -0.2) is 143 Å². The van der Waals surface area contributed by atoms with Gasteiger partial charge in [-0.1, -0.05) is 30.3 Å². The van der Waals surface area contributed by atoms with Crippen molar-refractivity contribution in [3.05, 3.63) is 71.4 Å². The third-order valence-electron chi connectivity index (χ3n) is 12.1. The Morgan fingerprint density at radius 2 is 1.36 bits per heavy atom. The van der Waals surface area contributed by atoms with Crippen LogP contribution >= 0.6 is 0 Å². The summed E-state index contributed by atoms with van der Waals surface area (Å²) >= 11 is 0. The molecule has 1 aromatic heterocycles. The first-order chi connectivity index (χ1) is 36.6. The molecule has 1 fully saturated rings. The van der Waals surface area contributed by atoms with Gasteiger partial charge in [-0.25, -0.2) is 0 Å². The Bertz CT molecular complexity index is 2690. The van der Waals surface area contributed by atoms with Crippen molar-refractivity contribution >= 4 is 82.0 Å². The van der Waals surface area contributed by atoms with Crippen LogP contribution in [-0.2, 0) is 60.8 Å². The summed E-state index contributed by atoms with van der Waals surface area (Å²) in [5.74, 6) is -10.5. The fourth-order valence-electron chi connectivity index (χ4n) is 8.20. The molecule has 0 saturated carbocycles. The molecule has 20 N–H and O–H groups in total. The highest BCUT2D eigenvalue weighted by atomic mass is 16.4. The molecule has 0 spiro atoms. The molecular formula is C49H67N17O11. The van der Waals surface area contributed by atoms with E-state index in [9.17, 15) is 58.3 Å². The zero-order valence-corrected chi connectivity index (χ0v) is 42.3. The summed E-state index contributed by atoms with van der Waals surface area (Å²) in [6.45, 7) is 1.24. The minimum absolute atomic E-state index is 0.0252. The predicted octanol–water partition coefficient (Wildman–Crippen LogP) is -3.58. The van der Waals surface area contributed by atoms with Crippen molar-refractivity contribution in [2.24, 2.45) is 17.2 Å². The van der Waals surface area contributed by atoms with Crippen molar-refractivity contribution in [1.29, 1.82) is 16.1 Å². The number of carbonyl (C=O) groups is 10. The molecule has 3 aromatic rings. The lowest BCUT2D eigenvalue weighted by molar-refractivity contribution is -0.141. The number of amides is 9. The molecule has 1 aliphatic heterocycles. The summed E-state index contributed by atoms with van der Waals surface area (Å²) < 4.78 is 0. The number of carboxylic acids is 1. The fourth-order valence-corrected chi connectivity index (χ4v) is 8.20. The second kappa shape index (κ2) is 30.2. The van der Waals surface area contributed by atoms with Crippen molar-refractivity contribution in [2.75, 3.05) is 19.6 Å². The number of carboxylic acid groups (broad SMARTS) is 1. The van der Waals surface area contributed by atoms with Crippen LogP contribution in [0, 0.1) is 22.1 Å². The van der Waals surface area contributed by atoms with Crippen molar-refractivity contribution in [2.45, 2.75) is 120 Å². The number of aliphatic carboxylic acids is 1. The third-order valence-corrected chi connectivity index (χ3v) is 12.1. The number of hydrogen-bond acceptors (Lipinski definition) is 13. The van der Waals surface area contributed by atoms with Crippen LogP contribution in [0.1, 0.15) is 81.4 Å². The van der Waals surface area contributed by atoms with E-state index in [2.05, 4.69) is 58.2 Å². The number of rotatable bonds is 18. The zero-order valence-electron chi connectivity index (χ0n) is 42.3. The number of benzene rings is 2. The molecule has 1 saturated heterocycles. The number of nitrogens with zero attached hydrogens (tertiary/aromatic N) is 1. The van der Waals surface area contributed by atoms with E-state index in [0.717, 1.165) is 6.92 Å². The number of primary amides is 1. The van der Waals surface area contributed by atoms with Crippen LogP contribution in [0.15, 0.2) is 54.7 Å². The molecule has 28 heteroatoms. The first-order valence-electron chi connectivity index (χ1n) is 24.7. The van der Waals surface area contributed by atoms with E-state index in [1.807, 2.05) is 6.07 Å². The highest BCUT2D eigenvalue weighted by molar-refractivity contribution is 5.99. The number of nitriles is 1. The van der Waals surface area contributed by atoms with Gasteiger partial charge in [0.2, 0.25) is 53.2 Å². The highest BCUT2D eigenvalue weighted by Crippen LogP contribution is 2.20. The maximum atomic E-state index is 14.6. The van der Waals surface area contributed by atoms with Crippen molar-refractivity contribution in [1.82, 2.24) is 58.2 Å². The number of carbonyl (C=O) groups excluding carboxylic acids is 9. The molecule has 0 radical (unpaired) electrons. The molecule has 77 heavy (non-hydrogen) atoms. The van der Waals surface area contributed by atoms with Gasteiger partial charge in [0, 0.05) is 62.9 Å². The monoisotopic (exact) mass is 1070 g/mol. The Hall–Kier alpha value is -9.29. The van der Waals surface area contributed by atoms with Crippen molar-refractivity contribution < 1.29 is 53.1 Å². The first kappa shape index (κ1) is 60.3. The summed E-state index contributed by atoms with van der Waals surface area (Å²) in [4.78, 5) is 139. The maximum Gasteiger partial charge on any atom is 0.305 e. The number of H-pyrrole nitrogens is 1. The van der Waals surface area contributed by atoms with Gasteiger partial charge in [0.1, 0.15) is 42.3 Å². The molecule has 414 valence electrons. The summed E-state index contributed by atoms with van der Waals surface area (Å²) in [6, 6.07) is 4.23. The number of hydrogen-bond donors (Lipinski definition) is 17. The molecule has 1 unspecified atom stereocenters. The van der Waals surface area contributed by atoms with Crippen molar-refractivity contribution in [3.8, 4) is 6.07 Å². The molecule has 28 nitrogen and oxygen atoms in total. The van der Waals surface area contributed by atoms with Crippen LogP contribution < -0.4 is 70.4 Å². The lowest BCUT2D eigenvalue weighted by Crippen LogP contribution is -2.60. The molecule has 2 heterocycles. The molecule has 2 aromatic carbocycles. The van der Waals surface area contributed by atoms with Gasteiger partial charge < -0.3 is 80.5 Å². The van der Waals surface area contributed by atoms with E-state index >= 15 is 0 Å². The third kappa shape index (κ3) is 20.5. The number of guanidine groups is 2. The molecule has 7 atom stereocenters. The lowest BCUT2D eigenvalue weighted by atomic mass is 10.0. The Kier molecular flexibility index (Phi) is 23.6. The van der Waals surface area contributed by atoms with Gasteiger partial charge in [-0.15, -0.1) is 0 Å². The summed E-state index contributed by atoms with van der Waals surface area (Å²) in [6.07, 6.45) is -0.731. The van der Waals surface area contributed by atoms with Crippen molar-refractivity contribution in [3.63, 3.8) is 0 Å². The number of nitrogens with two attached hydrogens (primary N) is 3. The van der Waals surface area contributed by atoms with E-state index < -0.39 is 121 Å². The summed E-state index contributed by atoms with van der Waals surface area (Å²) in [5.41, 5.74) is 18.5. The Morgan fingerprint density at radius 1 is 0.766 bits per heavy atom. The number of aromatic nitrogens is 1. The average molecular weight is 1070 g/mol. The molecule has 1 aliphatic rings. The van der Waals surface area contributed by atoms with E-state index in [1.165, 1.54) is 24.3 Å². The van der Waals surface area contributed by atoms with Crippen LogP contribution in [0.2, 0.25) is 0 Å². The first-order valence-corrected chi connectivity index (χ1v) is 24.7. The lowest BCUT2D eigenvalue weighted by Gasteiger charge is -2.28. The molecular weight excluding hydrogens is 1000 g/mol. The molecule has 0 aliphatic carbocycles. The van der Waals surface area contributed by atoms with Gasteiger partial charge in [0.25, 0.3) is 0 Å². The van der Waals surface area contributed by atoms with Gasteiger partial charge in [-0.05, 0) is 74.3 Å². The minimum Gasteiger partial charge on any atom is -0.481 e. The van der Waals surface area contributed by atoms with Gasteiger partial charge in [0.05, 0.1) is 18.1 Å². The second-order valence-electron chi connectivity index (χ2n) is 18.2. The normalized spacial score (nSPS) is 20.7. The van der Waals surface area contributed by atoms with Crippen LogP contribution in [0.25, 0.3) is 10.9 Å². The highest BCUT2D eigenvalue weighted by Gasteiger charge is 2.35. The second-order valence-corrected chi connectivity index (χ2v) is 18.2. The number of fused-ring (bicyclic) bond motifs is 1. The van der Waals surface area contributed by atoms with Gasteiger partial charge in [-0.3, -0.25) is 58.8 Å². The fraction of sp³-hybridized carbons (Fsp3) is 0.449. The van der Waals surface area contributed by atoms with Crippen LogP contribution in [0.5, 0.6) is 0 Å². The SMILES string of the molecule is CC(=O)N[C@@H](CCCNC(=N)N)C(=O)N[C@H]1CCC(=O)NCCCC(C(N)=O)NC(=O)[C@H](Cc2c[nH]c3ccccc23)NC(=O)[C@H](CCCNC(=N)N)NC(=O)[C@@H](Cc2ccc(C#N)cc2)NC(=O)[C@H](CC(=O)O)NC1=O. The zero-order chi connectivity index (χ0) is 56.6. The smallest absolute Gasteiger partial charge is 0.305 e. The summed E-state index contributed by atoms with van der Waals surface area (Å²) in [5, 5.41) is 60.6. The Labute approximate surface area is 442 Å². The van der Waals surface area contributed by atoms with E-state index in [4.69, 9.17) is 28.0 Å². The molecule has 4 rings (SSSR count). The molecule has 0 bridgehead atoms. The Balaban J connectivity index is 1.79. The number of nitrogens with one attached hydrogen (secondary N) is 13. The number of aromatic amines is 1. The Morgan fingerprint density at radius 3 is 2.00 bits per heavy atom. The largest absolute Gasteiger partial charge is 0.481 e. The van der Waals surface area contributed by atoms with Gasteiger partial charge in [-0.2, -0.15) is 5.26 Å². The maximum absolute atomic E-state index is 14.6. The van der Waals surface area contributed by atoms with E-state index in [1.54, 1.807) is 30.5 Å².